The Labute approximate surface area is 207 Å². The maximum absolute atomic E-state index is 14.4. The van der Waals surface area contributed by atoms with Gasteiger partial charge in [-0.05, 0) is 48.4 Å². The maximum Gasteiger partial charge on any atom is 0.317 e. The Morgan fingerprint density at radius 3 is 2.47 bits per heavy atom. The number of halogens is 2. The average molecular weight is 489 g/mol. The van der Waals surface area contributed by atoms with Crippen LogP contribution >= 0.6 is 0 Å². The molecule has 2 amide bonds. The molecule has 0 radical (unpaired) electrons. The number of amides is 2. The number of nitrogens with two attached hydrogens (primary N) is 1. The highest BCUT2D eigenvalue weighted by atomic mass is 19.1. The molecule has 7 nitrogen and oxygen atoms in total. The van der Waals surface area contributed by atoms with Gasteiger partial charge in [-0.15, -0.1) is 0 Å². The van der Waals surface area contributed by atoms with E-state index in [1.807, 2.05) is 42.2 Å². The number of benzene rings is 3. The number of hydrogen-bond donors (Lipinski definition) is 2. The smallest absolute Gasteiger partial charge is 0.317 e. The van der Waals surface area contributed by atoms with E-state index in [9.17, 15) is 13.6 Å². The zero-order valence-electron chi connectivity index (χ0n) is 19.8. The Morgan fingerprint density at radius 2 is 1.72 bits per heavy atom. The molecule has 1 saturated heterocycles. The second-order valence-corrected chi connectivity index (χ2v) is 8.82. The Kier molecular flexibility index (Phi) is 6.37. The molecule has 1 aromatic heterocycles. The second-order valence-electron chi connectivity index (χ2n) is 8.82. The predicted molar refractivity (Wildman–Crippen MR) is 136 cm³/mol. The number of nitrogens with zero attached hydrogens (tertiary/aromatic N) is 4. The van der Waals surface area contributed by atoms with Gasteiger partial charge in [0.2, 0.25) is 5.95 Å². The van der Waals surface area contributed by atoms with Crippen LogP contribution in [0.15, 0.2) is 66.7 Å². The fourth-order valence-electron chi connectivity index (χ4n) is 4.48. The first kappa shape index (κ1) is 23.5. The Hall–Kier alpha value is -4.27. The highest BCUT2D eigenvalue weighted by Gasteiger charge is 2.25. The van der Waals surface area contributed by atoms with Crippen molar-refractivity contribution in [1.29, 1.82) is 0 Å². The fourth-order valence-corrected chi connectivity index (χ4v) is 4.48. The number of rotatable bonds is 4. The van der Waals surface area contributed by atoms with Gasteiger partial charge in [-0.25, -0.2) is 18.6 Å². The summed E-state index contributed by atoms with van der Waals surface area (Å²) in [4.78, 5) is 25.4. The molecule has 0 bridgehead atoms. The van der Waals surface area contributed by atoms with Crippen LogP contribution in [0.1, 0.15) is 18.5 Å². The van der Waals surface area contributed by atoms with Crippen LogP contribution in [0.3, 0.4) is 0 Å². The van der Waals surface area contributed by atoms with Crippen LogP contribution in [0.2, 0.25) is 0 Å². The molecule has 1 atom stereocenters. The molecule has 0 unspecified atom stereocenters. The molecule has 9 heteroatoms. The number of urea groups is 1. The van der Waals surface area contributed by atoms with Crippen molar-refractivity contribution in [1.82, 2.24) is 20.2 Å². The molecule has 0 spiro atoms. The summed E-state index contributed by atoms with van der Waals surface area (Å²) >= 11 is 0. The van der Waals surface area contributed by atoms with Gasteiger partial charge in [0, 0.05) is 37.1 Å². The van der Waals surface area contributed by atoms with Crippen LogP contribution in [-0.4, -0.2) is 47.1 Å². The SMILES string of the molecule is C[C@H](NC(=O)N1CCN(c2nc(N)nc3ccc(-c4cc(F)ccc4F)cc23)CC1)c1ccccc1. The fraction of sp³-hybridized carbons (Fsp3) is 0.222. The summed E-state index contributed by atoms with van der Waals surface area (Å²) in [6, 6.07) is 18.1. The van der Waals surface area contributed by atoms with Gasteiger partial charge in [0.15, 0.2) is 0 Å². The zero-order chi connectivity index (χ0) is 25.2. The lowest BCUT2D eigenvalue weighted by molar-refractivity contribution is 0.191. The third-order valence-corrected chi connectivity index (χ3v) is 6.44. The molecule has 1 fully saturated rings. The van der Waals surface area contributed by atoms with Gasteiger partial charge in [0.05, 0.1) is 11.6 Å². The van der Waals surface area contributed by atoms with E-state index in [1.165, 1.54) is 6.07 Å². The van der Waals surface area contributed by atoms with Crippen LogP contribution in [0.5, 0.6) is 0 Å². The molecule has 3 N–H and O–H groups in total. The topological polar surface area (TPSA) is 87.4 Å². The average Bonchev–Trinajstić information content (AvgIpc) is 2.90. The van der Waals surface area contributed by atoms with Crippen molar-refractivity contribution in [3.63, 3.8) is 0 Å². The molecular formula is C27H26F2N6O. The van der Waals surface area contributed by atoms with Crippen LogP contribution in [0.25, 0.3) is 22.0 Å². The molecule has 1 aliphatic rings. The molecule has 36 heavy (non-hydrogen) atoms. The predicted octanol–water partition coefficient (Wildman–Crippen LogP) is 4.75. The minimum Gasteiger partial charge on any atom is -0.368 e. The van der Waals surface area contributed by atoms with Crippen molar-refractivity contribution in [2.24, 2.45) is 0 Å². The van der Waals surface area contributed by atoms with E-state index in [1.54, 1.807) is 23.1 Å². The van der Waals surface area contributed by atoms with Gasteiger partial charge in [-0.2, -0.15) is 4.98 Å². The quantitative estimate of drug-likeness (QED) is 0.433. The lowest BCUT2D eigenvalue weighted by Gasteiger charge is -2.36. The monoisotopic (exact) mass is 488 g/mol. The number of aromatic nitrogens is 2. The number of nitrogens with one attached hydrogen (secondary N) is 1. The molecule has 2 heterocycles. The van der Waals surface area contributed by atoms with Crippen LogP contribution in [0.4, 0.5) is 25.3 Å². The van der Waals surface area contributed by atoms with Crippen LogP contribution in [-0.2, 0) is 0 Å². The number of fused-ring (bicyclic) bond motifs is 1. The van der Waals surface area contributed by atoms with Gasteiger partial charge < -0.3 is 20.9 Å². The molecular weight excluding hydrogens is 462 g/mol. The molecule has 4 aromatic rings. The molecule has 0 saturated carbocycles. The largest absolute Gasteiger partial charge is 0.368 e. The summed E-state index contributed by atoms with van der Waals surface area (Å²) in [5, 5.41) is 3.73. The standard InChI is InChI=1S/C27H26F2N6O/c1-17(18-5-3-2-4-6-18)31-27(36)35-13-11-34(12-14-35)25-22-15-19(7-10-24(22)32-26(30)33-25)21-16-20(28)8-9-23(21)29/h2-10,15-17H,11-14H2,1H3,(H,31,36)(H2,30,32,33)/t17-/m0/s1. The summed E-state index contributed by atoms with van der Waals surface area (Å²) in [6.45, 7) is 4.03. The van der Waals surface area contributed by atoms with Crippen molar-refractivity contribution in [2.75, 3.05) is 36.8 Å². The highest BCUT2D eigenvalue weighted by Crippen LogP contribution is 2.32. The van der Waals surface area contributed by atoms with E-state index in [2.05, 4.69) is 15.3 Å². The number of hydrogen-bond acceptors (Lipinski definition) is 5. The molecule has 5 rings (SSSR count). The number of carbonyl (C=O) groups excluding carboxylic acids is 1. The Balaban J connectivity index is 1.35. The summed E-state index contributed by atoms with van der Waals surface area (Å²) < 4.78 is 28.2. The molecule has 1 aliphatic heterocycles. The molecule has 3 aromatic carbocycles. The van der Waals surface area contributed by atoms with Gasteiger partial charge in [0.25, 0.3) is 0 Å². The lowest BCUT2D eigenvalue weighted by Crippen LogP contribution is -2.52. The Morgan fingerprint density at radius 1 is 0.972 bits per heavy atom. The summed E-state index contributed by atoms with van der Waals surface area (Å²) in [7, 11) is 0. The first-order valence-electron chi connectivity index (χ1n) is 11.8. The normalized spacial score (nSPS) is 14.6. The minimum atomic E-state index is -0.517. The van der Waals surface area contributed by atoms with Crippen molar-refractivity contribution in [3.8, 4) is 11.1 Å². The van der Waals surface area contributed by atoms with E-state index < -0.39 is 11.6 Å². The number of nitrogen functional groups attached to an aromatic ring is 1. The van der Waals surface area contributed by atoms with Crippen LogP contribution < -0.4 is 16.0 Å². The van der Waals surface area contributed by atoms with Gasteiger partial charge in [-0.3, -0.25) is 0 Å². The van der Waals surface area contributed by atoms with E-state index in [-0.39, 0.29) is 23.6 Å². The van der Waals surface area contributed by atoms with E-state index in [0.29, 0.717) is 48.5 Å². The molecule has 0 aliphatic carbocycles. The molecule has 184 valence electrons. The number of anilines is 2. The van der Waals surface area contributed by atoms with Crippen molar-refractivity contribution < 1.29 is 13.6 Å². The third-order valence-electron chi connectivity index (χ3n) is 6.44. The van der Waals surface area contributed by atoms with Gasteiger partial charge >= 0.3 is 6.03 Å². The van der Waals surface area contributed by atoms with Crippen molar-refractivity contribution >= 4 is 28.7 Å². The van der Waals surface area contributed by atoms with Crippen molar-refractivity contribution in [3.05, 3.63) is 83.9 Å². The van der Waals surface area contributed by atoms with E-state index >= 15 is 0 Å². The summed E-state index contributed by atoms with van der Waals surface area (Å²) in [5.74, 6) is -0.304. The minimum absolute atomic E-state index is 0.107. The van der Waals surface area contributed by atoms with Crippen molar-refractivity contribution in [2.45, 2.75) is 13.0 Å². The summed E-state index contributed by atoms with van der Waals surface area (Å²) in [6.07, 6.45) is 0. The maximum atomic E-state index is 14.4. The summed E-state index contributed by atoms with van der Waals surface area (Å²) in [5.41, 5.74) is 8.30. The van der Waals surface area contributed by atoms with Crippen LogP contribution in [0, 0.1) is 11.6 Å². The number of carbonyl (C=O) groups is 1. The highest BCUT2D eigenvalue weighted by molar-refractivity contribution is 5.94. The third kappa shape index (κ3) is 4.77. The second kappa shape index (κ2) is 9.77. The lowest BCUT2D eigenvalue weighted by atomic mass is 10.0. The van der Waals surface area contributed by atoms with Gasteiger partial charge in [-0.1, -0.05) is 36.4 Å². The Bertz CT molecular complexity index is 1410. The van der Waals surface area contributed by atoms with E-state index in [0.717, 1.165) is 17.7 Å². The van der Waals surface area contributed by atoms with E-state index in [4.69, 9.17) is 5.73 Å². The number of piperazine rings is 1. The van der Waals surface area contributed by atoms with Gasteiger partial charge in [0.1, 0.15) is 17.5 Å². The first-order valence-corrected chi connectivity index (χ1v) is 11.8. The first-order chi connectivity index (χ1) is 17.4. The zero-order valence-corrected chi connectivity index (χ0v) is 19.8.